The summed E-state index contributed by atoms with van der Waals surface area (Å²) in [6, 6.07) is 15.3. The minimum atomic E-state index is 0.494. The van der Waals surface area contributed by atoms with Crippen LogP contribution in [0.25, 0.3) is 10.8 Å². The standard InChI is InChI=1S/C20H27NO/c1-21(15-13-19-10-4-5-16-22-19)14-12-18-9-6-8-17-7-2-3-11-20(17)18/h2-3,6-9,11,19H,4-5,10,12-16H2,1H3. The third-order valence-corrected chi connectivity index (χ3v) is 4.75. The van der Waals surface area contributed by atoms with Crippen molar-refractivity contribution in [3.63, 3.8) is 0 Å². The predicted octanol–water partition coefficient (Wildman–Crippen LogP) is 4.27. The Morgan fingerprint density at radius 3 is 2.77 bits per heavy atom. The lowest BCUT2D eigenvalue weighted by Gasteiger charge is -2.25. The van der Waals surface area contributed by atoms with Crippen LogP contribution in [0.4, 0.5) is 0 Å². The first kappa shape index (κ1) is 15.5. The van der Waals surface area contributed by atoms with Gasteiger partial charge >= 0.3 is 0 Å². The van der Waals surface area contributed by atoms with E-state index in [1.165, 1.54) is 42.0 Å². The highest BCUT2D eigenvalue weighted by Gasteiger charge is 2.14. The van der Waals surface area contributed by atoms with Crippen molar-refractivity contribution in [3.05, 3.63) is 48.0 Å². The van der Waals surface area contributed by atoms with E-state index in [0.29, 0.717) is 6.10 Å². The van der Waals surface area contributed by atoms with Gasteiger partial charge in [-0.15, -0.1) is 0 Å². The van der Waals surface area contributed by atoms with Crippen molar-refractivity contribution >= 4 is 10.8 Å². The first-order valence-electron chi connectivity index (χ1n) is 8.60. The molecular weight excluding hydrogens is 270 g/mol. The van der Waals surface area contributed by atoms with Crippen LogP contribution in [0.2, 0.25) is 0 Å². The fourth-order valence-electron chi connectivity index (χ4n) is 3.33. The number of ether oxygens (including phenoxy) is 1. The van der Waals surface area contributed by atoms with Gasteiger partial charge in [0.05, 0.1) is 6.10 Å². The third-order valence-electron chi connectivity index (χ3n) is 4.75. The molecule has 1 aliphatic heterocycles. The molecule has 1 saturated heterocycles. The average Bonchev–Trinajstić information content (AvgIpc) is 2.59. The van der Waals surface area contributed by atoms with E-state index in [0.717, 1.165) is 26.1 Å². The van der Waals surface area contributed by atoms with E-state index in [4.69, 9.17) is 4.74 Å². The molecule has 22 heavy (non-hydrogen) atoms. The van der Waals surface area contributed by atoms with Crippen LogP contribution in [0.5, 0.6) is 0 Å². The SMILES string of the molecule is CN(CCc1cccc2ccccc12)CCC1CCCCO1. The molecule has 2 heteroatoms. The summed E-state index contributed by atoms with van der Waals surface area (Å²) in [4.78, 5) is 2.44. The Morgan fingerprint density at radius 2 is 1.91 bits per heavy atom. The largest absolute Gasteiger partial charge is 0.378 e. The Balaban J connectivity index is 1.50. The molecule has 0 amide bonds. The van der Waals surface area contributed by atoms with Crippen molar-refractivity contribution in [3.8, 4) is 0 Å². The maximum absolute atomic E-state index is 5.82. The van der Waals surface area contributed by atoms with Gasteiger partial charge in [0.2, 0.25) is 0 Å². The van der Waals surface area contributed by atoms with Gasteiger partial charge in [-0.2, -0.15) is 0 Å². The summed E-state index contributed by atoms with van der Waals surface area (Å²) in [5, 5.41) is 2.74. The lowest BCUT2D eigenvalue weighted by molar-refractivity contribution is 0.00681. The molecular formula is C20H27NO. The van der Waals surface area contributed by atoms with Crippen molar-refractivity contribution in [1.82, 2.24) is 4.90 Å². The van der Waals surface area contributed by atoms with E-state index in [9.17, 15) is 0 Å². The van der Waals surface area contributed by atoms with E-state index in [1.807, 2.05) is 0 Å². The molecule has 0 aliphatic carbocycles. The van der Waals surface area contributed by atoms with Crippen molar-refractivity contribution in [2.75, 3.05) is 26.7 Å². The van der Waals surface area contributed by atoms with Crippen LogP contribution in [0.3, 0.4) is 0 Å². The fraction of sp³-hybridized carbons (Fsp3) is 0.500. The van der Waals surface area contributed by atoms with Crippen molar-refractivity contribution < 1.29 is 4.74 Å². The maximum atomic E-state index is 5.82. The first-order chi connectivity index (χ1) is 10.8. The lowest BCUT2D eigenvalue weighted by atomic mass is 10.0. The van der Waals surface area contributed by atoms with Crippen LogP contribution in [-0.4, -0.2) is 37.7 Å². The van der Waals surface area contributed by atoms with E-state index in [1.54, 1.807) is 0 Å². The minimum Gasteiger partial charge on any atom is -0.378 e. The quantitative estimate of drug-likeness (QED) is 0.789. The zero-order valence-electron chi connectivity index (χ0n) is 13.6. The molecule has 2 aromatic carbocycles. The van der Waals surface area contributed by atoms with Crippen LogP contribution in [-0.2, 0) is 11.2 Å². The zero-order chi connectivity index (χ0) is 15.2. The summed E-state index contributed by atoms with van der Waals surface area (Å²) in [6.45, 7) is 3.21. The number of rotatable bonds is 6. The highest BCUT2D eigenvalue weighted by atomic mass is 16.5. The minimum absolute atomic E-state index is 0.494. The second-order valence-corrected chi connectivity index (χ2v) is 6.47. The van der Waals surface area contributed by atoms with E-state index in [-0.39, 0.29) is 0 Å². The molecule has 2 aromatic rings. The predicted molar refractivity (Wildman–Crippen MR) is 93.4 cm³/mol. The van der Waals surface area contributed by atoms with Gasteiger partial charge in [-0.3, -0.25) is 0 Å². The van der Waals surface area contributed by atoms with Gasteiger partial charge in [0.15, 0.2) is 0 Å². The number of fused-ring (bicyclic) bond motifs is 1. The fourth-order valence-corrected chi connectivity index (χ4v) is 3.33. The Kier molecular flexibility index (Phi) is 5.47. The van der Waals surface area contributed by atoms with Gasteiger partial charge in [0, 0.05) is 19.7 Å². The summed E-state index contributed by atoms with van der Waals surface area (Å²) >= 11 is 0. The van der Waals surface area contributed by atoms with Gasteiger partial charge in [-0.05, 0) is 55.5 Å². The maximum Gasteiger partial charge on any atom is 0.0587 e. The molecule has 0 bridgehead atoms. The number of benzene rings is 2. The molecule has 1 fully saturated rings. The van der Waals surface area contributed by atoms with Crippen molar-refractivity contribution in [2.24, 2.45) is 0 Å². The normalized spacial score (nSPS) is 18.9. The van der Waals surface area contributed by atoms with E-state index < -0.39 is 0 Å². The molecule has 1 unspecified atom stereocenters. The Morgan fingerprint density at radius 1 is 1.05 bits per heavy atom. The number of hydrogen-bond acceptors (Lipinski definition) is 2. The second kappa shape index (κ2) is 7.75. The molecule has 1 atom stereocenters. The molecule has 1 aliphatic rings. The van der Waals surface area contributed by atoms with Crippen LogP contribution in [0.1, 0.15) is 31.2 Å². The molecule has 0 aromatic heterocycles. The third kappa shape index (κ3) is 4.08. The molecule has 0 saturated carbocycles. The summed E-state index contributed by atoms with van der Waals surface area (Å²) in [5.74, 6) is 0. The zero-order valence-corrected chi connectivity index (χ0v) is 13.6. The highest BCUT2D eigenvalue weighted by molar-refractivity contribution is 5.85. The molecule has 0 spiro atoms. The molecule has 118 valence electrons. The smallest absolute Gasteiger partial charge is 0.0587 e. The lowest BCUT2D eigenvalue weighted by Crippen LogP contribution is -2.28. The van der Waals surface area contributed by atoms with Gasteiger partial charge < -0.3 is 9.64 Å². The Labute approximate surface area is 134 Å². The highest BCUT2D eigenvalue weighted by Crippen LogP contribution is 2.19. The average molecular weight is 297 g/mol. The second-order valence-electron chi connectivity index (χ2n) is 6.47. The summed E-state index contributed by atoms with van der Waals surface area (Å²) in [7, 11) is 2.23. The molecule has 2 nitrogen and oxygen atoms in total. The van der Waals surface area contributed by atoms with Gasteiger partial charge in [0.1, 0.15) is 0 Å². The molecule has 0 radical (unpaired) electrons. The number of nitrogens with zero attached hydrogens (tertiary/aromatic N) is 1. The topological polar surface area (TPSA) is 12.5 Å². The molecule has 1 heterocycles. The summed E-state index contributed by atoms with van der Waals surface area (Å²) < 4.78 is 5.82. The van der Waals surface area contributed by atoms with Gasteiger partial charge in [-0.25, -0.2) is 0 Å². The molecule has 3 rings (SSSR count). The van der Waals surface area contributed by atoms with Gasteiger partial charge in [-0.1, -0.05) is 42.5 Å². The van der Waals surface area contributed by atoms with Crippen molar-refractivity contribution in [1.29, 1.82) is 0 Å². The van der Waals surface area contributed by atoms with E-state index in [2.05, 4.69) is 54.4 Å². The monoisotopic (exact) mass is 297 g/mol. The summed E-state index contributed by atoms with van der Waals surface area (Å²) in [6.07, 6.45) is 6.61. The van der Waals surface area contributed by atoms with Crippen LogP contribution >= 0.6 is 0 Å². The first-order valence-corrected chi connectivity index (χ1v) is 8.60. The van der Waals surface area contributed by atoms with E-state index >= 15 is 0 Å². The summed E-state index contributed by atoms with van der Waals surface area (Å²) in [5.41, 5.74) is 1.46. The van der Waals surface area contributed by atoms with Crippen LogP contribution in [0.15, 0.2) is 42.5 Å². The Bertz CT molecular complexity index is 584. The van der Waals surface area contributed by atoms with Crippen LogP contribution < -0.4 is 0 Å². The molecule has 0 N–H and O–H groups in total. The Hall–Kier alpha value is -1.38. The van der Waals surface area contributed by atoms with Gasteiger partial charge in [0.25, 0.3) is 0 Å². The van der Waals surface area contributed by atoms with Crippen LogP contribution in [0, 0.1) is 0 Å². The number of hydrogen-bond donors (Lipinski definition) is 0. The number of likely N-dealkylation sites (N-methyl/N-ethyl adjacent to an activating group) is 1. The van der Waals surface area contributed by atoms with Crippen molar-refractivity contribution in [2.45, 2.75) is 38.2 Å².